The van der Waals surface area contributed by atoms with Crippen molar-refractivity contribution in [3.63, 3.8) is 0 Å². The highest BCUT2D eigenvalue weighted by molar-refractivity contribution is 5.58. The maximum Gasteiger partial charge on any atom is 0.198 e. The van der Waals surface area contributed by atoms with Crippen molar-refractivity contribution in [3.8, 4) is 0 Å². The molecule has 2 heterocycles. The van der Waals surface area contributed by atoms with Crippen LogP contribution in [0.15, 0.2) is 6.20 Å². The van der Waals surface area contributed by atoms with Crippen LogP contribution in [0, 0.1) is 13.8 Å². The Bertz CT molecular complexity index is 431. The fourth-order valence-corrected chi connectivity index (χ4v) is 1.14. The zero-order valence-corrected chi connectivity index (χ0v) is 6.94. The summed E-state index contributed by atoms with van der Waals surface area (Å²) in [5.41, 5.74) is 7.10. The number of nitrogens with zero attached hydrogens (tertiary/aromatic N) is 4. The summed E-state index contributed by atoms with van der Waals surface area (Å²) in [5.74, 6) is 1.13. The monoisotopic (exact) mass is 163 g/mol. The van der Waals surface area contributed by atoms with Crippen LogP contribution in [-0.2, 0) is 0 Å². The number of anilines is 1. The van der Waals surface area contributed by atoms with E-state index in [2.05, 4.69) is 15.1 Å². The van der Waals surface area contributed by atoms with E-state index in [0.29, 0.717) is 17.3 Å². The standard InChI is InChI=1S/C7H9N5/c1-4-3-12-7(6(8)9-4)10-5(2)11-12/h3H,1-2H3,(H2,8,9). The van der Waals surface area contributed by atoms with Gasteiger partial charge in [-0.1, -0.05) is 0 Å². The molecule has 2 aromatic rings. The third-order valence-corrected chi connectivity index (χ3v) is 1.57. The van der Waals surface area contributed by atoms with Crippen LogP contribution in [0.4, 0.5) is 5.82 Å². The van der Waals surface area contributed by atoms with E-state index >= 15 is 0 Å². The van der Waals surface area contributed by atoms with Crippen molar-refractivity contribution in [2.75, 3.05) is 5.73 Å². The maximum absolute atomic E-state index is 5.64. The van der Waals surface area contributed by atoms with Crippen molar-refractivity contribution >= 4 is 11.5 Å². The predicted octanol–water partition coefficient (Wildman–Crippen LogP) is 0.323. The Morgan fingerprint density at radius 2 is 2.08 bits per heavy atom. The lowest BCUT2D eigenvalue weighted by Crippen LogP contribution is -1.99. The number of nitrogens with two attached hydrogens (primary N) is 1. The quantitative estimate of drug-likeness (QED) is 0.607. The number of nitrogen functional groups attached to an aromatic ring is 1. The molecular formula is C7H9N5. The lowest BCUT2D eigenvalue weighted by Gasteiger charge is -1.96. The van der Waals surface area contributed by atoms with Crippen molar-refractivity contribution < 1.29 is 0 Å². The van der Waals surface area contributed by atoms with Gasteiger partial charge in [-0.05, 0) is 13.8 Å². The number of rotatable bonds is 0. The average molecular weight is 163 g/mol. The topological polar surface area (TPSA) is 69.1 Å². The van der Waals surface area contributed by atoms with Crippen molar-refractivity contribution in [1.29, 1.82) is 0 Å². The number of hydrogen-bond acceptors (Lipinski definition) is 4. The van der Waals surface area contributed by atoms with Crippen molar-refractivity contribution in [3.05, 3.63) is 17.7 Å². The summed E-state index contributed by atoms with van der Waals surface area (Å²) in [4.78, 5) is 8.19. The Hall–Kier alpha value is -1.65. The molecule has 0 aromatic carbocycles. The second-order valence-electron chi connectivity index (χ2n) is 2.69. The zero-order chi connectivity index (χ0) is 8.72. The highest BCUT2D eigenvalue weighted by Gasteiger charge is 2.04. The molecule has 0 aliphatic rings. The number of aromatic nitrogens is 4. The van der Waals surface area contributed by atoms with Crippen LogP contribution in [0.5, 0.6) is 0 Å². The van der Waals surface area contributed by atoms with Crippen LogP contribution in [0.25, 0.3) is 5.65 Å². The lowest BCUT2D eigenvalue weighted by molar-refractivity contribution is 0.909. The van der Waals surface area contributed by atoms with E-state index < -0.39 is 0 Å². The van der Waals surface area contributed by atoms with Crippen LogP contribution in [0.3, 0.4) is 0 Å². The molecule has 0 amide bonds. The molecule has 0 fully saturated rings. The molecule has 0 spiro atoms. The largest absolute Gasteiger partial charge is 0.381 e. The summed E-state index contributed by atoms with van der Waals surface area (Å²) in [5, 5.41) is 4.12. The van der Waals surface area contributed by atoms with Crippen LogP contribution in [0.2, 0.25) is 0 Å². The molecule has 0 radical (unpaired) electrons. The summed E-state index contributed by atoms with van der Waals surface area (Å²) >= 11 is 0. The fourth-order valence-electron chi connectivity index (χ4n) is 1.14. The van der Waals surface area contributed by atoms with Gasteiger partial charge in [-0.15, -0.1) is 0 Å². The van der Waals surface area contributed by atoms with Gasteiger partial charge < -0.3 is 5.73 Å². The fraction of sp³-hybridized carbons (Fsp3) is 0.286. The molecule has 12 heavy (non-hydrogen) atoms. The number of hydrogen-bond donors (Lipinski definition) is 1. The van der Waals surface area contributed by atoms with Gasteiger partial charge in [0.05, 0.1) is 11.9 Å². The molecule has 5 nitrogen and oxygen atoms in total. The third kappa shape index (κ3) is 0.903. The van der Waals surface area contributed by atoms with Gasteiger partial charge in [-0.25, -0.2) is 14.5 Å². The molecule has 0 saturated carbocycles. The number of fused-ring (bicyclic) bond motifs is 1. The molecule has 0 atom stereocenters. The van der Waals surface area contributed by atoms with Crippen molar-refractivity contribution in [1.82, 2.24) is 19.6 Å². The highest BCUT2D eigenvalue weighted by atomic mass is 15.3. The van der Waals surface area contributed by atoms with Gasteiger partial charge in [0.15, 0.2) is 11.5 Å². The van der Waals surface area contributed by atoms with E-state index in [-0.39, 0.29) is 0 Å². The van der Waals surface area contributed by atoms with Crippen LogP contribution < -0.4 is 5.73 Å². The molecule has 0 aliphatic carbocycles. The Morgan fingerprint density at radius 1 is 1.33 bits per heavy atom. The maximum atomic E-state index is 5.64. The minimum atomic E-state index is 0.426. The van der Waals surface area contributed by atoms with E-state index in [0.717, 1.165) is 5.69 Å². The van der Waals surface area contributed by atoms with Gasteiger partial charge >= 0.3 is 0 Å². The van der Waals surface area contributed by atoms with Crippen molar-refractivity contribution in [2.45, 2.75) is 13.8 Å². The molecule has 0 saturated heterocycles. The van der Waals surface area contributed by atoms with Crippen LogP contribution >= 0.6 is 0 Å². The second kappa shape index (κ2) is 2.17. The Labute approximate surface area is 69.2 Å². The van der Waals surface area contributed by atoms with E-state index in [1.54, 1.807) is 10.7 Å². The van der Waals surface area contributed by atoms with Gasteiger partial charge in [0.25, 0.3) is 0 Å². The van der Waals surface area contributed by atoms with E-state index in [1.165, 1.54) is 0 Å². The van der Waals surface area contributed by atoms with Gasteiger partial charge in [0, 0.05) is 0 Å². The molecule has 0 bridgehead atoms. The summed E-state index contributed by atoms with van der Waals surface area (Å²) in [6.07, 6.45) is 1.80. The van der Waals surface area contributed by atoms with E-state index in [4.69, 9.17) is 5.73 Å². The molecule has 0 aliphatic heterocycles. The molecule has 5 heteroatoms. The predicted molar refractivity (Wildman–Crippen MR) is 44.7 cm³/mol. The first-order chi connectivity index (χ1) is 5.66. The first-order valence-electron chi connectivity index (χ1n) is 3.63. The molecule has 2 aromatic heterocycles. The highest BCUT2D eigenvalue weighted by Crippen LogP contribution is 2.08. The normalized spacial score (nSPS) is 10.8. The molecule has 62 valence electrons. The second-order valence-corrected chi connectivity index (χ2v) is 2.69. The van der Waals surface area contributed by atoms with Crippen LogP contribution in [0.1, 0.15) is 11.5 Å². The lowest BCUT2D eigenvalue weighted by atomic mass is 10.5. The summed E-state index contributed by atoms with van der Waals surface area (Å²) in [7, 11) is 0. The SMILES string of the molecule is Cc1cn2nc(C)nc2c(N)n1. The van der Waals surface area contributed by atoms with Crippen molar-refractivity contribution in [2.24, 2.45) is 0 Å². The van der Waals surface area contributed by atoms with E-state index in [1.807, 2.05) is 13.8 Å². The average Bonchev–Trinajstić information content (AvgIpc) is 2.29. The Morgan fingerprint density at radius 3 is 2.83 bits per heavy atom. The first kappa shape index (κ1) is 7.02. The zero-order valence-electron chi connectivity index (χ0n) is 6.94. The summed E-state index contributed by atoms with van der Waals surface area (Å²) < 4.78 is 1.65. The Balaban J connectivity index is 2.88. The molecular weight excluding hydrogens is 154 g/mol. The third-order valence-electron chi connectivity index (χ3n) is 1.57. The van der Waals surface area contributed by atoms with Gasteiger partial charge in [0.2, 0.25) is 0 Å². The summed E-state index contributed by atoms with van der Waals surface area (Å²) in [6, 6.07) is 0. The van der Waals surface area contributed by atoms with E-state index in [9.17, 15) is 0 Å². The Kier molecular flexibility index (Phi) is 1.27. The van der Waals surface area contributed by atoms with Gasteiger partial charge in [-0.3, -0.25) is 0 Å². The molecule has 2 rings (SSSR count). The number of aryl methyl sites for hydroxylation is 2. The smallest absolute Gasteiger partial charge is 0.198 e. The van der Waals surface area contributed by atoms with Gasteiger partial charge in [-0.2, -0.15) is 5.10 Å². The summed E-state index contributed by atoms with van der Waals surface area (Å²) in [6.45, 7) is 3.69. The molecule has 2 N–H and O–H groups in total. The minimum Gasteiger partial charge on any atom is -0.381 e. The molecule has 0 unspecified atom stereocenters. The van der Waals surface area contributed by atoms with Gasteiger partial charge in [0.1, 0.15) is 5.82 Å². The minimum absolute atomic E-state index is 0.426. The van der Waals surface area contributed by atoms with Crippen LogP contribution in [-0.4, -0.2) is 19.6 Å². The first-order valence-corrected chi connectivity index (χ1v) is 3.63.